The van der Waals surface area contributed by atoms with Crippen molar-refractivity contribution in [2.45, 2.75) is 46.2 Å². The van der Waals surface area contributed by atoms with Gasteiger partial charge in [0, 0.05) is 12.6 Å². The zero-order chi connectivity index (χ0) is 11.1. The zero-order valence-corrected chi connectivity index (χ0v) is 10.2. The normalized spacial score (nSPS) is 13.1. The van der Waals surface area contributed by atoms with Crippen molar-refractivity contribution in [3.05, 3.63) is 35.9 Å². The van der Waals surface area contributed by atoms with Gasteiger partial charge >= 0.3 is 0 Å². The molecule has 0 N–H and O–H groups in total. The number of nitrogens with zero attached hydrogens (tertiary/aromatic N) is 1. The fourth-order valence-electron chi connectivity index (χ4n) is 2.00. The Balaban J connectivity index is 2.53. The smallest absolute Gasteiger partial charge is 0.0236 e. The second-order valence-corrected chi connectivity index (χ2v) is 4.19. The van der Waals surface area contributed by atoms with Gasteiger partial charge in [-0.15, -0.1) is 0 Å². The number of benzene rings is 1. The lowest BCUT2D eigenvalue weighted by Gasteiger charge is -2.27. The summed E-state index contributed by atoms with van der Waals surface area (Å²) in [6.45, 7) is 9.05. The molecule has 84 valence electrons. The molecule has 0 amide bonds. The molecule has 0 spiro atoms. The van der Waals surface area contributed by atoms with Crippen LogP contribution in [0.25, 0.3) is 0 Å². The highest BCUT2D eigenvalue weighted by atomic mass is 15.1. The highest BCUT2D eigenvalue weighted by Gasteiger charge is 2.10. The first-order chi connectivity index (χ1) is 7.27. The van der Waals surface area contributed by atoms with Crippen LogP contribution in [0.3, 0.4) is 0 Å². The van der Waals surface area contributed by atoms with E-state index in [0.717, 1.165) is 13.1 Å². The van der Waals surface area contributed by atoms with Gasteiger partial charge in [-0.3, -0.25) is 4.90 Å². The van der Waals surface area contributed by atoms with Crippen LogP contribution >= 0.6 is 0 Å². The highest BCUT2D eigenvalue weighted by molar-refractivity contribution is 5.14. The van der Waals surface area contributed by atoms with Crippen LogP contribution in [-0.2, 0) is 6.54 Å². The van der Waals surface area contributed by atoms with Crippen LogP contribution < -0.4 is 0 Å². The molecule has 0 unspecified atom stereocenters. The van der Waals surface area contributed by atoms with Gasteiger partial charge in [-0.2, -0.15) is 0 Å². The molecule has 0 heterocycles. The summed E-state index contributed by atoms with van der Waals surface area (Å²) in [5.74, 6) is 0. The van der Waals surface area contributed by atoms with Gasteiger partial charge < -0.3 is 0 Å². The third kappa shape index (κ3) is 4.05. The maximum absolute atomic E-state index is 2.54. The van der Waals surface area contributed by atoms with Crippen LogP contribution in [0, 0.1) is 0 Å². The van der Waals surface area contributed by atoms with E-state index in [-0.39, 0.29) is 0 Å². The lowest BCUT2D eigenvalue weighted by Crippen LogP contribution is -2.32. The van der Waals surface area contributed by atoms with Crippen molar-refractivity contribution in [3.8, 4) is 0 Å². The molecule has 0 radical (unpaired) electrons. The number of hydrogen-bond donors (Lipinski definition) is 0. The van der Waals surface area contributed by atoms with E-state index in [1.165, 1.54) is 18.4 Å². The van der Waals surface area contributed by atoms with Crippen molar-refractivity contribution in [2.24, 2.45) is 0 Å². The van der Waals surface area contributed by atoms with Crippen molar-refractivity contribution in [1.82, 2.24) is 4.90 Å². The lowest BCUT2D eigenvalue weighted by molar-refractivity contribution is 0.200. The maximum atomic E-state index is 2.54. The maximum Gasteiger partial charge on any atom is 0.0236 e. The summed E-state index contributed by atoms with van der Waals surface area (Å²) in [4.78, 5) is 2.54. The van der Waals surface area contributed by atoms with Crippen LogP contribution in [0.4, 0.5) is 0 Å². The van der Waals surface area contributed by atoms with E-state index < -0.39 is 0 Å². The summed E-state index contributed by atoms with van der Waals surface area (Å²) >= 11 is 0. The first kappa shape index (κ1) is 12.3. The number of rotatable bonds is 6. The minimum Gasteiger partial charge on any atom is -0.297 e. The second kappa shape index (κ2) is 6.62. The zero-order valence-electron chi connectivity index (χ0n) is 10.2. The molecule has 0 aromatic heterocycles. The molecule has 1 rings (SSSR count). The van der Waals surface area contributed by atoms with E-state index in [4.69, 9.17) is 0 Å². The fraction of sp³-hybridized carbons (Fsp3) is 0.571. The Morgan fingerprint density at radius 1 is 1.13 bits per heavy atom. The molecule has 0 saturated carbocycles. The van der Waals surface area contributed by atoms with E-state index >= 15 is 0 Å². The summed E-state index contributed by atoms with van der Waals surface area (Å²) in [5.41, 5.74) is 1.42. The van der Waals surface area contributed by atoms with Gasteiger partial charge in [-0.05, 0) is 25.5 Å². The average Bonchev–Trinajstić information content (AvgIpc) is 2.27. The molecule has 0 bridgehead atoms. The third-order valence-electron chi connectivity index (χ3n) is 2.96. The molecule has 1 atom stereocenters. The Hall–Kier alpha value is -0.820. The predicted octanol–water partition coefficient (Wildman–Crippen LogP) is 3.70. The highest BCUT2D eigenvalue weighted by Crippen LogP contribution is 2.11. The Morgan fingerprint density at radius 2 is 1.80 bits per heavy atom. The topological polar surface area (TPSA) is 3.24 Å². The van der Waals surface area contributed by atoms with Crippen LogP contribution in [0.5, 0.6) is 0 Å². The van der Waals surface area contributed by atoms with Crippen LogP contribution in [0.15, 0.2) is 30.3 Å². The van der Waals surface area contributed by atoms with Gasteiger partial charge in [0.05, 0.1) is 0 Å². The molecule has 1 aromatic carbocycles. The third-order valence-corrected chi connectivity index (χ3v) is 2.96. The minimum absolute atomic E-state index is 0.695. The Morgan fingerprint density at radius 3 is 2.33 bits per heavy atom. The number of hydrogen-bond acceptors (Lipinski definition) is 1. The molecule has 0 saturated heterocycles. The molecule has 1 heteroatoms. The minimum atomic E-state index is 0.695. The van der Waals surface area contributed by atoms with Crippen LogP contribution in [-0.4, -0.2) is 17.5 Å². The van der Waals surface area contributed by atoms with Crippen molar-refractivity contribution >= 4 is 0 Å². The van der Waals surface area contributed by atoms with Crippen molar-refractivity contribution < 1.29 is 0 Å². The van der Waals surface area contributed by atoms with Crippen molar-refractivity contribution in [3.63, 3.8) is 0 Å². The molecule has 0 aliphatic rings. The quantitative estimate of drug-likeness (QED) is 0.684. The Labute approximate surface area is 94.1 Å². The summed E-state index contributed by atoms with van der Waals surface area (Å²) in [5, 5.41) is 0. The van der Waals surface area contributed by atoms with Gasteiger partial charge in [0.25, 0.3) is 0 Å². The molecular formula is C14H23N. The van der Waals surface area contributed by atoms with Gasteiger partial charge in [-0.1, -0.05) is 50.6 Å². The summed E-state index contributed by atoms with van der Waals surface area (Å²) < 4.78 is 0. The molecule has 15 heavy (non-hydrogen) atoms. The van der Waals surface area contributed by atoms with E-state index in [0.29, 0.717) is 6.04 Å². The van der Waals surface area contributed by atoms with Gasteiger partial charge in [0.15, 0.2) is 0 Å². The molecule has 1 aromatic rings. The standard InChI is InChI=1S/C14H23N/c1-4-9-13(3)15(5-2)12-14-10-7-6-8-11-14/h6-8,10-11,13H,4-5,9,12H2,1-3H3/t13-/m0/s1. The van der Waals surface area contributed by atoms with Crippen LogP contribution in [0.2, 0.25) is 0 Å². The molecule has 0 fully saturated rings. The van der Waals surface area contributed by atoms with Crippen LogP contribution in [0.1, 0.15) is 39.2 Å². The lowest BCUT2D eigenvalue weighted by atomic mass is 10.1. The monoisotopic (exact) mass is 205 g/mol. The molecule has 0 aliphatic carbocycles. The van der Waals surface area contributed by atoms with Crippen molar-refractivity contribution in [2.75, 3.05) is 6.54 Å². The van der Waals surface area contributed by atoms with E-state index in [1.54, 1.807) is 0 Å². The summed E-state index contributed by atoms with van der Waals surface area (Å²) in [7, 11) is 0. The van der Waals surface area contributed by atoms with Gasteiger partial charge in [-0.25, -0.2) is 0 Å². The van der Waals surface area contributed by atoms with E-state index in [2.05, 4.69) is 56.0 Å². The second-order valence-electron chi connectivity index (χ2n) is 4.19. The molecular weight excluding hydrogens is 182 g/mol. The SMILES string of the molecule is CCC[C@H](C)N(CC)Cc1ccccc1. The van der Waals surface area contributed by atoms with Crippen molar-refractivity contribution in [1.29, 1.82) is 0 Å². The first-order valence-electron chi connectivity index (χ1n) is 6.05. The summed E-state index contributed by atoms with van der Waals surface area (Å²) in [6.07, 6.45) is 2.56. The molecule has 0 aliphatic heterocycles. The van der Waals surface area contributed by atoms with Gasteiger partial charge in [0.2, 0.25) is 0 Å². The predicted molar refractivity (Wildman–Crippen MR) is 66.9 cm³/mol. The molecule has 1 nitrogen and oxygen atoms in total. The first-order valence-corrected chi connectivity index (χ1v) is 6.05. The summed E-state index contributed by atoms with van der Waals surface area (Å²) in [6, 6.07) is 11.4. The fourth-order valence-corrected chi connectivity index (χ4v) is 2.00. The Bertz CT molecular complexity index is 255. The van der Waals surface area contributed by atoms with E-state index in [9.17, 15) is 0 Å². The Kier molecular flexibility index (Phi) is 5.41. The van der Waals surface area contributed by atoms with Gasteiger partial charge in [0.1, 0.15) is 0 Å². The largest absolute Gasteiger partial charge is 0.297 e. The van der Waals surface area contributed by atoms with E-state index in [1.807, 2.05) is 0 Å². The average molecular weight is 205 g/mol.